The van der Waals surface area contributed by atoms with Gasteiger partial charge in [-0.2, -0.15) is 0 Å². The van der Waals surface area contributed by atoms with Gasteiger partial charge in [0.1, 0.15) is 5.56 Å². The minimum absolute atomic E-state index is 0.432. The van der Waals surface area contributed by atoms with Gasteiger partial charge in [0.2, 0.25) is 11.8 Å². The number of nitrogens with one attached hydrogen (secondary N) is 1. The van der Waals surface area contributed by atoms with Crippen LogP contribution in [-0.2, 0) is 6.42 Å². The summed E-state index contributed by atoms with van der Waals surface area (Å²) in [4.78, 5) is 4.08. The Morgan fingerprint density at radius 2 is 2.29 bits per heavy atom. The van der Waals surface area contributed by atoms with Crippen LogP contribution in [0.3, 0.4) is 0 Å². The van der Waals surface area contributed by atoms with E-state index in [0.29, 0.717) is 29.6 Å². The lowest BCUT2D eigenvalue weighted by atomic mass is 10.3. The zero-order valence-electron chi connectivity index (χ0n) is 9.80. The zero-order valence-corrected chi connectivity index (χ0v) is 9.80. The molecule has 17 heavy (non-hydrogen) atoms. The van der Waals surface area contributed by atoms with Crippen LogP contribution >= 0.6 is 0 Å². The first kappa shape index (κ1) is 11.5. The third-order valence-electron chi connectivity index (χ3n) is 2.25. The Hall–Kier alpha value is -1.95. The van der Waals surface area contributed by atoms with E-state index >= 15 is 0 Å². The van der Waals surface area contributed by atoms with E-state index < -0.39 is 0 Å². The molecule has 0 saturated heterocycles. The number of likely N-dealkylation sites (N-methyl/N-ethyl adjacent to an activating group) is 1. The monoisotopic (exact) mass is 234 g/mol. The van der Waals surface area contributed by atoms with Crippen molar-refractivity contribution >= 4 is 0 Å². The first-order valence-electron chi connectivity index (χ1n) is 5.31. The highest BCUT2D eigenvalue weighted by Crippen LogP contribution is 2.25. The van der Waals surface area contributed by atoms with Crippen LogP contribution in [0, 0.1) is 0 Å². The molecule has 2 heterocycles. The number of methoxy groups -OCH3 is 1. The molecule has 0 aliphatic heterocycles. The molecule has 2 aromatic rings. The fraction of sp³-hybridized carbons (Fsp3) is 0.364. The van der Waals surface area contributed by atoms with E-state index in [0.717, 1.165) is 6.54 Å². The first-order chi connectivity index (χ1) is 8.35. The topological polar surface area (TPSA) is 73.1 Å². The van der Waals surface area contributed by atoms with Crippen LogP contribution in [0.25, 0.3) is 11.5 Å². The Morgan fingerprint density at radius 1 is 1.41 bits per heavy atom. The maximum absolute atomic E-state index is 5.53. The molecule has 2 rings (SSSR count). The van der Waals surface area contributed by atoms with Gasteiger partial charge in [-0.15, -0.1) is 10.2 Å². The number of pyridine rings is 1. The van der Waals surface area contributed by atoms with Crippen LogP contribution < -0.4 is 10.1 Å². The van der Waals surface area contributed by atoms with Crippen molar-refractivity contribution in [1.29, 1.82) is 0 Å². The van der Waals surface area contributed by atoms with Gasteiger partial charge >= 0.3 is 0 Å². The van der Waals surface area contributed by atoms with Crippen LogP contribution in [0.2, 0.25) is 0 Å². The van der Waals surface area contributed by atoms with E-state index in [9.17, 15) is 0 Å². The van der Waals surface area contributed by atoms with E-state index in [1.165, 1.54) is 0 Å². The summed E-state index contributed by atoms with van der Waals surface area (Å²) in [6, 6.07) is 3.64. The minimum atomic E-state index is 0.432. The Balaban J connectivity index is 2.24. The Labute approximate surface area is 99.0 Å². The predicted molar refractivity (Wildman–Crippen MR) is 61.7 cm³/mol. The highest BCUT2D eigenvalue weighted by Gasteiger charge is 2.13. The molecule has 0 saturated carbocycles. The minimum Gasteiger partial charge on any atom is -0.480 e. The number of rotatable bonds is 5. The van der Waals surface area contributed by atoms with E-state index in [-0.39, 0.29) is 0 Å². The highest BCUT2D eigenvalue weighted by molar-refractivity contribution is 5.59. The van der Waals surface area contributed by atoms with E-state index in [2.05, 4.69) is 20.5 Å². The SMILES string of the molecule is CNCCc1nnc(-c2cccnc2OC)o1. The standard InChI is InChI=1S/C11H14N4O2/c1-12-7-5-9-14-15-11(17-9)8-4-3-6-13-10(8)16-2/h3-4,6,12H,5,7H2,1-2H3. The average molecular weight is 234 g/mol. The smallest absolute Gasteiger partial charge is 0.253 e. The molecule has 0 bridgehead atoms. The van der Waals surface area contributed by atoms with E-state index in [1.807, 2.05) is 13.1 Å². The second kappa shape index (κ2) is 5.40. The largest absolute Gasteiger partial charge is 0.480 e. The molecule has 6 nitrogen and oxygen atoms in total. The van der Waals surface area contributed by atoms with Crippen molar-refractivity contribution in [3.05, 3.63) is 24.2 Å². The lowest BCUT2D eigenvalue weighted by molar-refractivity contribution is 0.397. The van der Waals surface area contributed by atoms with Crippen LogP contribution in [0.5, 0.6) is 5.88 Å². The summed E-state index contributed by atoms with van der Waals surface area (Å²) in [5.74, 6) is 1.51. The van der Waals surface area contributed by atoms with Crippen molar-refractivity contribution in [2.45, 2.75) is 6.42 Å². The van der Waals surface area contributed by atoms with Gasteiger partial charge in [0, 0.05) is 19.2 Å². The van der Waals surface area contributed by atoms with Gasteiger partial charge in [-0.3, -0.25) is 0 Å². The molecule has 0 aliphatic rings. The third-order valence-corrected chi connectivity index (χ3v) is 2.25. The number of nitrogens with zero attached hydrogens (tertiary/aromatic N) is 3. The van der Waals surface area contributed by atoms with Crippen LogP contribution in [0.4, 0.5) is 0 Å². The molecule has 1 N–H and O–H groups in total. The molecule has 0 fully saturated rings. The van der Waals surface area contributed by atoms with Crippen molar-refractivity contribution in [3.8, 4) is 17.3 Å². The van der Waals surface area contributed by atoms with Crippen molar-refractivity contribution in [1.82, 2.24) is 20.5 Å². The molecule has 90 valence electrons. The van der Waals surface area contributed by atoms with Crippen molar-refractivity contribution in [3.63, 3.8) is 0 Å². The molecule has 0 aliphatic carbocycles. The Morgan fingerprint density at radius 3 is 3.06 bits per heavy atom. The summed E-state index contributed by atoms with van der Waals surface area (Å²) in [6.45, 7) is 0.797. The summed E-state index contributed by atoms with van der Waals surface area (Å²) < 4.78 is 10.7. The van der Waals surface area contributed by atoms with Crippen LogP contribution in [-0.4, -0.2) is 35.9 Å². The maximum Gasteiger partial charge on any atom is 0.253 e. The number of hydrogen-bond donors (Lipinski definition) is 1. The van der Waals surface area contributed by atoms with Crippen LogP contribution in [0.1, 0.15) is 5.89 Å². The van der Waals surface area contributed by atoms with Crippen molar-refractivity contribution in [2.75, 3.05) is 20.7 Å². The molecule has 0 unspecified atom stereocenters. The normalized spacial score (nSPS) is 10.5. The lowest BCUT2D eigenvalue weighted by Gasteiger charge is -2.01. The quantitative estimate of drug-likeness (QED) is 0.828. The summed E-state index contributed by atoms with van der Waals surface area (Å²) in [5, 5.41) is 11.0. The Bertz CT molecular complexity index is 484. The summed E-state index contributed by atoms with van der Waals surface area (Å²) in [6.07, 6.45) is 2.35. The fourth-order valence-corrected chi connectivity index (χ4v) is 1.41. The number of hydrogen-bond acceptors (Lipinski definition) is 6. The van der Waals surface area contributed by atoms with Crippen LogP contribution in [0.15, 0.2) is 22.7 Å². The molecule has 2 aromatic heterocycles. The molecule has 0 radical (unpaired) electrons. The van der Waals surface area contributed by atoms with Gasteiger partial charge < -0.3 is 14.5 Å². The highest BCUT2D eigenvalue weighted by atomic mass is 16.5. The zero-order chi connectivity index (χ0) is 12.1. The second-order valence-corrected chi connectivity index (χ2v) is 3.41. The van der Waals surface area contributed by atoms with E-state index in [4.69, 9.17) is 9.15 Å². The van der Waals surface area contributed by atoms with Gasteiger partial charge in [0.15, 0.2) is 0 Å². The van der Waals surface area contributed by atoms with Gasteiger partial charge in [-0.1, -0.05) is 0 Å². The summed E-state index contributed by atoms with van der Waals surface area (Å²) >= 11 is 0. The molecule has 0 atom stereocenters. The van der Waals surface area contributed by atoms with Gasteiger partial charge in [-0.25, -0.2) is 4.98 Å². The first-order valence-corrected chi connectivity index (χ1v) is 5.31. The van der Waals surface area contributed by atoms with Gasteiger partial charge in [-0.05, 0) is 19.2 Å². The third kappa shape index (κ3) is 2.59. The molecular formula is C11H14N4O2. The number of aromatic nitrogens is 3. The molecule has 6 heteroatoms. The van der Waals surface area contributed by atoms with Crippen molar-refractivity contribution in [2.24, 2.45) is 0 Å². The van der Waals surface area contributed by atoms with Gasteiger partial charge in [0.05, 0.1) is 7.11 Å². The molecule has 0 spiro atoms. The molecule has 0 amide bonds. The average Bonchev–Trinajstić information content (AvgIpc) is 2.85. The summed E-state index contributed by atoms with van der Waals surface area (Å²) in [5.41, 5.74) is 0.707. The Kier molecular flexibility index (Phi) is 3.66. The van der Waals surface area contributed by atoms with Gasteiger partial charge in [0.25, 0.3) is 5.89 Å². The molecular weight excluding hydrogens is 220 g/mol. The lowest BCUT2D eigenvalue weighted by Crippen LogP contribution is -2.10. The molecule has 0 aromatic carbocycles. The second-order valence-electron chi connectivity index (χ2n) is 3.41. The summed E-state index contributed by atoms with van der Waals surface area (Å²) in [7, 11) is 3.44. The number of ether oxygens (including phenoxy) is 1. The van der Waals surface area contributed by atoms with Crippen molar-refractivity contribution < 1.29 is 9.15 Å². The maximum atomic E-state index is 5.53. The van der Waals surface area contributed by atoms with E-state index in [1.54, 1.807) is 19.4 Å². The predicted octanol–water partition coefficient (Wildman–Crippen LogP) is 0.902. The fourth-order valence-electron chi connectivity index (χ4n) is 1.41.